The molecule has 14 heteroatoms. The molecule has 0 unspecified atom stereocenters. The van der Waals surface area contributed by atoms with Crippen molar-refractivity contribution in [3.63, 3.8) is 0 Å². The number of benzene rings is 1. The van der Waals surface area contributed by atoms with Gasteiger partial charge >= 0.3 is 10.3 Å². The zero-order chi connectivity index (χ0) is 26.0. The third-order valence-electron chi connectivity index (χ3n) is 5.75. The molecule has 4 rings (SSSR count). The Morgan fingerprint density at radius 3 is 2.81 bits per heavy atom. The molecular weight excluding hydrogens is 551 g/mol. The topological polar surface area (TPSA) is 165 Å². The van der Waals surface area contributed by atoms with Gasteiger partial charge in [0.1, 0.15) is 18.2 Å². The highest BCUT2D eigenvalue weighted by Gasteiger charge is 2.35. The second-order valence-electron chi connectivity index (χ2n) is 8.31. The number of nitrogens with zero attached hydrogens (tertiary/aromatic N) is 2. The van der Waals surface area contributed by atoms with E-state index in [-0.39, 0.29) is 40.4 Å². The normalized spacial score (nSPS) is 20.9. The van der Waals surface area contributed by atoms with E-state index >= 15 is 0 Å². The number of aliphatic hydroxyl groups is 2. The molecule has 36 heavy (non-hydrogen) atoms. The predicted molar refractivity (Wildman–Crippen MR) is 136 cm³/mol. The Kier molecular flexibility index (Phi) is 8.27. The minimum atomic E-state index is -4.12. The first-order valence-electron chi connectivity index (χ1n) is 10.7. The van der Waals surface area contributed by atoms with Crippen molar-refractivity contribution in [1.29, 1.82) is 0 Å². The highest BCUT2D eigenvalue weighted by Crippen LogP contribution is 2.38. The van der Waals surface area contributed by atoms with Crippen molar-refractivity contribution in [3.05, 3.63) is 73.8 Å². The minimum Gasteiger partial charge on any atom is -0.393 e. The lowest BCUT2D eigenvalue weighted by molar-refractivity contribution is 0.101. The SMILES string of the molecule is NS(=O)(=O)OC[C@H]1C[C@@H](Nc2ncncc2C(=O)c2cc(Cl)c([C@H](O)c3cccc(Cl)c3)s2)C[C@@H]1O. The van der Waals surface area contributed by atoms with E-state index in [9.17, 15) is 23.4 Å². The Bertz CT molecular complexity index is 1370. The largest absolute Gasteiger partial charge is 0.393 e. The number of rotatable bonds is 9. The summed E-state index contributed by atoms with van der Waals surface area (Å²) in [6, 6.07) is 7.90. The maximum Gasteiger partial charge on any atom is 0.333 e. The van der Waals surface area contributed by atoms with Gasteiger partial charge in [-0.1, -0.05) is 35.3 Å². The number of carbonyl (C=O) groups is 1. The van der Waals surface area contributed by atoms with E-state index in [4.69, 9.17) is 28.3 Å². The number of aromatic nitrogens is 2. The van der Waals surface area contributed by atoms with Gasteiger partial charge in [-0.2, -0.15) is 8.42 Å². The zero-order valence-corrected chi connectivity index (χ0v) is 21.7. The van der Waals surface area contributed by atoms with Crippen molar-refractivity contribution < 1.29 is 27.6 Å². The fraction of sp³-hybridized carbons (Fsp3) is 0.318. The zero-order valence-electron chi connectivity index (χ0n) is 18.5. The van der Waals surface area contributed by atoms with Crippen LogP contribution in [0.4, 0.5) is 5.82 Å². The molecule has 1 saturated carbocycles. The number of anilines is 1. The van der Waals surface area contributed by atoms with Crippen molar-refractivity contribution in [2.75, 3.05) is 11.9 Å². The molecule has 2 aromatic heterocycles. The van der Waals surface area contributed by atoms with Crippen LogP contribution in [0.25, 0.3) is 0 Å². The number of ketones is 1. The van der Waals surface area contributed by atoms with Crippen LogP contribution in [0, 0.1) is 5.92 Å². The highest BCUT2D eigenvalue weighted by molar-refractivity contribution is 7.84. The van der Waals surface area contributed by atoms with Crippen LogP contribution in [-0.4, -0.2) is 53.1 Å². The summed E-state index contributed by atoms with van der Waals surface area (Å²) in [5.41, 5.74) is 0.717. The van der Waals surface area contributed by atoms with Gasteiger partial charge in [0.15, 0.2) is 0 Å². The summed E-state index contributed by atoms with van der Waals surface area (Å²) in [7, 11) is -4.12. The number of hydrogen-bond donors (Lipinski definition) is 4. The van der Waals surface area contributed by atoms with Gasteiger partial charge in [0.2, 0.25) is 5.78 Å². The maximum atomic E-state index is 13.3. The summed E-state index contributed by atoms with van der Waals surface area (Å²) >= 11 is 13.4. The fourth-order valence-corrected chi connectivity index (χ4v) is 6.00. The average molecular weight is 573 g/mol. The average Bonchev–Trinajstić information content (AvgIpc) is 3.38. The number of carbonyl (C=O) groups excluding carboxylic acids is 1. The van der Waals surface area contributed by atoms with Crippen molar-refractivity contribution >= 4 is 56.4 Å². The first kappa shape index (κ1) is 26.9. The summed E-state index contributed by atoms with van der Waals surface area (Å²) in [4.78, 5) is 22.2. The Morgan fingerprint density at radius 1 is 1.31 bits per heavy atom. The van der Waals surface area contributed by atoms with Gasteiger partial charge in [-0.05, 0) is 36.6 Å². The van der Waals surface area contributed by atoms with Crippen LogP contribution in [0.3, 0.4) is 0 Å². The molecule has 0 bridgehead atoms. The summed E-state index contributed by atoms with van der Waals surface area (Å²) in [6.45, 7) is -0.251. The number of thiophene rings is 1. The second kappa shape index (κ2) is 11.1. The molecule has 0 radical (unpaired) electrons. The lowest BCUT2D eigenvalue weighted by Crippen LogP contribution is -2.24. The Balaban J connectivity index is 1.51. The van der Waals surface area contributed by atoms with Gasteiger partial charge < -0.3 is 15.5 Å². The van der Waals surface area contributed by atoms with Crippen LogP contribution < -0.4 is 10.5 Å². The molecule has 0 saturated heterocycles. The summed E-state index contributed by atoms with van der Waals surface area (Å²) < 4.78 is 26.7. The van der Waals surface area contributed by atoms with Gasteiger partial charge in [0.05, 0.1) is 33.1 Å². The Hall–Kier alpha value is -2.16. The molecule has 1 aromatic carbocycles. The molecule has 1 fully saturated rings. The van der Waals surface area contributed by atoms with E-state index in [0.717, 1.165) is 11.3 Å². The van der Waals surface area contributed by atoms with Crippen LogP contribution in [0.15, 0.2) is 42.9 Å². The van der Waals surface area contributed by atoms with Crippen LogP contribution >= 0.6 is 34.5 Å². The molecule has 0 aliphatic heterocycles. The molecular formula is C22H22Cl2N4O6S2. The van der Waals surface area contributed by atoms with Gasteiger partial charge in [-0.15, -0.1) is 11.3 Å². The number of nitrogens with two attached hydrogens (primary N) is 1. The molecule has 5 N–H and O–H groups in total. The van der Waals surface area contributed by atoms with E-state index in [1.54, 1.807) is 24.3 Å². The molecule has 4 atom stereocenters. The first-order valence-corrected chi connectivity index (χ1v) is 13.8. The van der Waals surface area contributed by atoms with E-state index in [1.807, 2.05) is 0 Å². The van der Waals surface area contributed by atoms with E-state index in [1.165, 1.54) is 18.6 Å². The summed E-state index contributed by atoms with van der Waals surface area (Å²) in [5, 5.41) is 29.8. The quantitative estimate of drug-likeness (QED) is 0.282. The van der Waals surface area contributed by atoms with Gasteiger partial charge in [0, 0.05) is 23.2 Å². The molecule has 1 aliphatic carbocycles. The third-order valence-corrected chi connectivity index (χ3v) is 8.06. The predicted octanol–water partition coefficient (Wildman–Crippen LogP) is 2.93. The molecule has 1 aliphatic rings. The molecule has 0 spiro atoms. The van der Waals surface area contributed by atoms with Crippen molar-refractivity contribution in [2.24, 2.45) is 11.1 Å². The number of hydrogen-bond acceptors (Lipinski definition) is 10. The maximum absolute atomic E-state index is 13.3. The minimum absolute atomic E-state index is 0.179. The van der Waals surface area contributed by atoms with Crippen LogP contribution in [0.5, 0.6) is 0 Å². The highest BCUT2D eigenvalue weighted by atomic mass is 35.5. The molecule has 10 nitrogen and oxygen atoms in total. The van der Waals surface area contributed by atoms with Crippen molar-refractivity contribution in [3.8, 4) is 0 Å². The first-order chi connectivity index (χ1) is 17.0. The monoisotopic (exact) mass is 572 g/mol. The second-order valence-corrected chi connectivity index (χ2v) is 11.5. The van der Waals surface area contributed by atoms with Crippen molar-refractivity contribution in [2.45, 2.75) is 31.1 Å². The smallest absolute Gasteiger partial charge is 0.333 e. The number of aliphatic hydroxyl groups excluding tert-OH is 2. The number of nitrogens with one attached hydrogen (secondary N) is 1. The Labute approximate surface area is 221 Å². The molecule has 192 valence electrons. The van der Waals surface area contributed by atoms with Crippen LogP contribution in [0.1, 0.15) is 44.6 Å². The lowest BCUT2D eigenvalue weighted by atomic mass is 10.1. The summed E-state index contributed by atoms with van der Waals surface area (Å²) in [6.07, 6.45) is 1.42. The lowest BCUT2D eigenvalue weighted by Gasteiger charge is -2.15. The van der Waals surface area contributed by atoms with Crippen LogP contribution in [0.2, 0.25) is 10.0 Å². The molecule has 0 amide bonds. The number of halogens is 2. The third kappa shape index (κ3) is 6.39. The van der Waals surface area contributed by atoms with E-state index in [2.05, 4.69) is 19.5 Å². The van der Waals surface area contributed by atoms with Gasteiger partial charge in [0.25, 0.3) is 0 Å². The Morgan fingerprint density at radius 2 is 2.08 bits per heavy atom. The van der Waals surface area contributed by atoms with Gasteiger partial charge in [-0.3, -0.25) is 8.98 Å². The van der Waals surface area contributed by atoms with Gasteiger partial charge in [-0.25, -0.2) is 15.1 Å². The van der Waals surface area contributed by atoms with Crippen molar-refractivity contribution in [1.82, 2.24) is 9.97 Å². The van der Waals surface area contributed by atoms with Crippen LogP contribution in [-0.2, 0) is 14.5 Å². The van der Waals surface area contributed by atoms with E-state index in [0.29, 0.717) is 21.9 Å². The standard InChI is InChI=1S/C22H22Cl2N4O6S2/c23-13-3-1-2-11(4-13)19(30)21-16(24)7-18(35-21)20(31)15-8-26-10-27-22(15)28-14-5-12(17(29)6-14)9-34-36(25,32)33/h1-4,7-8,10,12,14,17,19,29-30H,5-6,9H2,(H2,25,32,33)(H,26,27,28)/t12-,14-,17+,19-/m1/s1. The molecule has 2 heterocycles. The van der Waals surface area contributed by atoms with E-state index < -0.39 is 34.2 Å². The molecule has 3 aromatic rings. The fourth-order valence-electron chi connectivity index (χ4n) is 4.03. The summed E-state index contributed by atoms with van der Waals surface area (Å²) in [5.74, 6) is -0.614.